The predicted molar refractivity (Wildman–Crippen MR) is 66.4 cm³/mol. The van der Waals surface area contributed by atoms with E-state index in [9.17, 15) is 0 Å². The molecule has 0 bridgehead atoms. The van der Waals surface area contributed by atoms with Crippen molar-refractivity contribution in [2.45, 2.75) is 57.0 Å². The molecule has 0 spiro atoms. The van der Waals surface area contributed by atoms with Crippen LogP contribution in [0.5, 0.6) is 0 Å². The highest BCUT2D eigenvalue weighted by Crippen LogP contribution is 2.40. The molecule has 2 saturated carbocycles. The maximum atomic E-state index is 5.92. The van der Waals surface area contributed by atoms with Crippen LogP contribution in [0.15, 0.2) is 0 Å². The van der Waals surface area contributed by atoms with Gasteiger partial charge in [0.25, 0.3) is 0 Å². The van der Waals surface area contributed by atoms with E-state index in [1.54, 1.807) is 0 Å². The van der Waals surface area contributed by atoms with Crippen LogP contribution in [0.2, 0.25) is 0 Å². The van der Waals surface area contributed by atoms with E-state index in [0.717, 1.165) is 13.2 Å². The lowest BCUT2D eigenvalue weighted by Crippen LogP contribution is -2.47. The number of nitrogens with two attached hydrogens (primary N) is 1. The molecule has 0 aliphatic heterocycles. The minimum Gasteiger partial charge on any atom is -0.384 e. The van der Waals surface area contributed by atoms with Crippen LogP contribution in [-0.2, 0) is 4.74 Å². The lowest BCUT2D eigenvalue weighted by molar-refractivity contribution is 0.0148. The van der Waals surface area contributed by atoms with Gasteiger partial charge >= 0.3 is 0 Å². The lowest BCUT2D eigenvalue weighted by Gasteiger charge is -2.43. The molecule has 0 atom stereocenters. The molecule has 2 aliphatic carbocycles. The van der Waals surface area contributed by atoms with Gasteiger partial charge in [-0.05, 0) is 38.5 Å². The smallest absolute Gasteiger partial charge is 0.0530 e. The van der Waals surface area contributed by atoms with Gasteiger partial charge in [0.2, 0.25) is 0 Å². The van der Waals surface area contributed by atoms with E-state index in [1.165, 1.54) is 44.9 Å². The quantitative estimate of drug-likeness (QED) is 0.749. The van der Waals surface area contributed by atoms with E-state index in [-0.39, 0.29) is 0 Å². The predicted octanol–water partition coefficient (Wildman–Crippen LogP) is 1.66. The summed E-state index contributed by atoms with van der Waals surface area (Å²) >= 11 is 0. The standard InChI is InChI=1S/C13H26N2O/c1-16-10-13(7-2-8-13)9-15-12-5-3-11(14)4-6-12/h11-12,15H,2-10,14H2,1H3. The van der Waals surface area contributed by atoms with E-state index < -0.39 is 0 Å². The Morgan fingerprint density at radius 2 is 1.94 bits per heavy atom. The van der Waals surface area contributed by atoms with Crippen molar-refractivity contribution in [2.24, 2.45) is 11.1 Å². The fourth-order valence-corrected chi connectivity index (χ4v) is 3.04. The van der Waals surface area contributed by atoms with Gasteiger partial charge in [-0.3, -0.25) is 0 Å². The van der Waals surface area contributed by atoms with Gasteiger partial charge in [-0.2, -0.15) is 0 Å². The fourth-order valence-electron chi connectivity index (χ4n) is 3.04. The van der Waals surface area contributed by atoms with Crippen LogP contribution < -0.4 is 11.1 Å². The van der Waals surface area contributed by atoms with Gasteiger partial charge in [0.1, 0.15) is 0 Å². The Morgan fingerprint density at radius 1 is 1.25 bits per heavy atom. The molecule has 2 aliphatic rings. The zero-order chi connectivity index (χ0) is 11.4. The number of ether oxygens (including phenoxy) is 1. The van der Waals surface area contributed by atoms with Crippen molar-refractivity contribution in [3.05, 3.63) is 0 Å². The molecule has 0 radical (unpaired) electrons. The second-order valence-corrected chi connectivity index (χ2v) is 5.78. The Balaban J connectivity index is 1.70. The maximum absolute atomic E-state index is 5.92. The van der Waals surface area contributed by atoms with E-state index in [2.05, 4.69) is 5.32 Å². The largest absolute Gasteiger partial charge is 0.384 e. The van der Waals surface area contributed by atoms with Crippen molar-refractivity contribution in [1.82, 2.24) is 5.32 Å². The Bertz CT molecular complexity index is 208. The van der Waals surface area contributed by atoms with Crippen molar-refractivity contribution in [1.29, 1.82) is 0 Å². The van der Waals surface area contributed by atoms with Crippen LogP contribution in [0.4, 0.5) is 0 Å². The molecule has 3 N–H and O–H groups in total. The molecular weight excluding hydrogens is 200 g/mol. The molecule has 0 aromatic rings. The van der Waals surface area contributed by atoms with Crippen molar-refractivity contribution >= 4 is 0 Å². The van der Waals surface area contributed by atoms with E-state index in [1.807, 2.05) is 7.11 Å². The van der Waals surface area contributed by atoms with Gasteiger partial charge in [-0.15, -0.1) is 0 Å². The molecule has 2 fully saturated rings. The number of hydrogen-bond acceptors (Lipinski definition) is 3. The van der Waals surface area contributed by atoms with Gasteiger partial charge in [-0.25, -0.2) is 0 Å². The average Bonchev–Trinajstić information content (AvgIpc) is 2.24. The first-order valence-electron chi connectivity index (χ1n) is 6.72. The first-order chi connectivity index (χ1) is 7.74. The average molecular weight is 226 g/mol. The Labute approximate surface area is 99.1 Å². The second-order valence-electron chi connectivity index (χ2n) is 5.78. The highest BCUT2D eigenvalue weighted by atomic mass is 16.5. The molecule has 0 aromatic heterocycles. The van der Waals surface area contributed by atoms with Crippen LogP contribution in [0.25, 0.3) is 0 Å². The lowest BCUT2D eigenvalue weighted by atomic mass is 9.69. The van der Waals surface area contributed by atoms with E-state index in [4.69, 9.17) is 10.5 Å². The normalized spacial score (nSPS) is 33.4. The molecule has 0 amide bonds. The van der Waals surface area contributed by atoms with Crippen molar-refractivity contribution in [3.63, 3.8) is 0 Å². The van der Waals surface area contributed by atoms with E-state index >= 15 is 0 Å². The summed E-state index contributed by atoms with van der Waals surface area (Å²) in [5.74, 6) is 0. The molecule has 0 heterocycles. The van der Waals surface area contributed by atoms with Gasteiger partial charge < -0.3 is 15.8 Å². The third-order valence-electron chi connectivity index (χ3n) is 4.40. The molecule has 3 heteroatoms. The summed E-state index contributed by atoms with van der Waals surface area (Å²) < 4.78 is 5.35. The summed E-state index contributed by atoms with van der Waals surface area (Å²) in [6.07, 6.45) is 8.93. The third kappa shape index (κ3) is 2.96. The highest BCUT2D eigenvalue weighted by molar-refractivity contribution is 4.91. The van der Waals surface area contributed by atoms with Crippen LogP contribution >= 0.6 is 0 Å². The van der Waals surface area contributed by atoms with Crippen LogP contribution in [0, 0.1) is 5.41 Å². The molecule has 0 aromatic carbocycles. The van der Waals surface area contributed by atoms with Crippen LogP contribution in [-0.4, -0.2) is 32.3 Å². The van der Waals surface area contributed by atoms with Gasteiger partial charge in [0.15, 0.2) is 0 Å². The SMILES string of the molecule is COCC1(CNC2CCC(N)CC2)CCC1. The highest BCUT2D eigenvalue weighted by Gasteiger charge is 2.37. The third-order valence-corrected chi connectivity index (χ3v) is 4.40. The number of nitrogens with one attached hydrogen (secondary N) is 1. The Morgan fingerprint density at radius 3 is 2.44 bits per heavy atom. The summed E-state index contributed by atoms with van der Waals surface area (Å²) in [6, 6.07) is 1.16. The van der Waals surface area contributed by atoms with Crippen molar-refractivity contribution in [2.75, 3.05) is 20.3 Å². The maximum Gasteiger partial charge on any atom is 0.0530 e. The van der Waals surface area contributed by atoms with Gasteiger partial charge in [0, 0.05) is 31.2 Å². The van der Waals surface area contributed by atoms with Gasteiger partial charge in [-0.1, -0.05) is 6.42 Å². The summed E-state index contributed by atoms with van der Waals surface area (Å²) in [6.45, 7) is 2.06. The zero-order valence-corrected chi connectivity index (χ0v) is 10.5. The first kappa shape index (κ1) is 12.3. The molecule has 3 nitrogen and oxygen atoms in total. The summed E-state index contributed by atoms with van der Waals surface area (Å²) in [5, 5.41) is 3.73. The molecule has 2 rings (SSSR count). The number of hydrogen-bond donors (Lipinski definition) is 2. The van der Waals surface area contributed by atoms with Gasteiger partial charge in [0.05, 0.1) is 6.61 Å². The summed E-state index contributed by atoms with van der Waals surface area (Å²) in [5.41, 5.74) is 6.37. The Hall–Kier alpha value is -0.120. The second kappa shape index (κ2) is 5.48. The summed E-state index contributed by atoms with van der Waals surface area (Å²) in [4.78, 5) is 0. The number of rotatable bonds is 5. The molecule has 16 heavy (non-hydrogen) atoms. The zero-order valence-electron chi connectivity index (χ0n) is 10.5. The first-order valence-corrected chi connectivity index (χ1v) is 6.72. The summed E-state index contributed by atoms with van der Waals surface area (Å²) in [7, 11) is 1.82. The van der Waals surface area contributed by atoms with Crippen molar-refractivity contribution in [3.8, 4) is 0 Å². The van der Waals surface area contributed by atoms with E-state index in [0.29, 0.717) is 17.5 Å². The molecule has 94 valence electrons. The molecule has 0 unspecified atom stereocenters. The van der Waals surface area contributed by atoms with Crippen LogP contribution in [0.1, 0.15) is 44.9 Å². The monoisotopic (exact) mass is 226 g/mol. The molecule has 0 saturated heterocycles. The molecular formula is C13H26N2O. The minimum atomic E-state index is 0.453. The van der Waals surface area contributed by atoms with Crippen LogP contribution in [0.3, 0.4) is 0 Å². The minimum absolute atomic E-state index is 0.453. The Kier molecular flexibility index (Phi) is 4.22. The fraction of sp³-hybridized carbons (Fsp3) is 1.00. The number of methoxy groups -OCH3 is 1. The topological polar surface area (TPSA) is 47.3 Å². The van der Waals surface area contributed by atoms with Crippen molar-refractivity contribution < 1.29 is 4.74 Å².